The highest BCUT2D eigenvalue weighted by Gasteiger charge is 2.36. The van der Waals surface area contributed by atoms with E-state index in [-0.39, 0.29) is 11.7 Å². The second-order valence-electron chi connectivity index (χ2n) is 5.52. The van der Waals surface area contributed by atoms with Crippen LogP contribution in [0.1, 0.15) is 61.4 Å². The Morgan fingerprint density at radius 3 is 2.45 bits per heavy atom. The summed E-state index contributed by atoms with van der Waals surface area (Å²) in [6, 6.07) is 5.55. The van der Waals surface area contributed by atoms with Crippen LogP contribution in [0.2, 0.25) is 0 Å². The Bertz CT molecular complexity index is 508. The number of hydrogen-bond donors (Lipinski definition) is 0. The minimum atomic E-state index is -0.358. The first kappa shape index (κ1) is 14.8. The van der Waals surface area contributed by atoms with Crippen molar-refractivity contribution in [2.45, 2.75) is 52.4 Å². The summed E-state index contributed by atoms with van der Waals surface area (Å²) in [7, 11) is 0. The fourth-order valence-corrected chi connectivity index (χ4v) is 2.80. The van der Waals surface area contributed by atoms with Gasteiger partial charge in [-0.3, -0.25) is 9.59 Å². The van der Waals surface area contributed by atoms with Gasteiger partial charge in [0, 0.05) is 6.54 Å². The molecule has 0 radical (unpaired) electrons. The number of para-hydroxylation sites is 1. The van der Waals surface area contributed by atoms with Gasteiger partial charge >= 0.3 is 0 Å². The molecule has 108 valence electrons. The Balaban J connectivity index is 1.96. The highest BCUT2D eigenvalue weighted by Crippen LogP contribution is 2.32. The van der Waals surface area contributed by atoms with Gasteiger partial charge in [-0.15, -0.1) is 0 Å². The van der Waals surface area contributed by atoms with Gasteiger partial charge in [0.2, 0.25) is 0 Å². The molecule has 0 bridgehead atoms. The molecule has 0 saturated carbocycles. The zero-order valence-electron chi connectivity index (χ0n) is 12.4. The normalized spacial score (nSPS) is 14.0. The maximum atomic E-state index is 12.1. The van der Waals surface area contributed by atoms with E-state index in [1.807, 2.05) is 19.1 Å². The molecule has 0 N–H and O–H groups in total. The number of carbonyl (C=O) groups is 2. The number of rotatable bonds is 7. The predicted molar refractivity (Wildman–Crippen MR) is 81.2 cm³/mol. The number of aryl methyl sites for hydroxylation is 1. The molecule has 1 aromatic carbocycles. The van der Waals surface area contributed by atoms with Crippen molar-refractivity contribution in [1.82, 2.24) is 0 Å². The van der Waals surface area contributed by atoms with Gasteiger partial charge in [-0.1, -0.05) is 51.2 Å². The number of nitrogens with zero attached hydrogens (tertiary/aromatic N) is 1. The highest BCUT2D eigenvalue weighted by atomic mass is 16.2. The van der Waals surface area contributed by atoms with Gasteiger partial charge in [0.1, 0.15) is 0 Å². The third-order valence-electron chi connectivity index (χ3n) is 3.93. The molecular formula is C17H23NO2. The number of benzene rings is 1. The average Bonchev–Trinajstić information content (AvgIpc) is 2.69. The second kappa shape index (κ2) is 6.69. The summed E-state index contributed by atoms with van der Waals surface area (Å²) in [6.45, 7) is 4.82. The molecule has 1 aliphatic heterocycles. The monoisotopic (exact) mass is 273 g/mol. The predicted octanol–water partition coefficient (Wildman–Crippen LogP) is 3.88. The Morgan fingerprint density at radius 1 is 1.00 bits per heavy atom. The molecule has 1 heterocycles. The molecule has 0 saturated heterocycles. The van der Waals surface area contributed by atoms with Crippen LogP contribution in [0.25, 0.3) is 0 Å². The Kier molecular flexibility index (Phi) is 4.94. The summed E-state index contributed by atoms with van der Waals surface area (Å²) in [5, 5.41) is 0. The molecule has 1 aromatic rings. The topological polar surface area (TPSA) is 37.4 Å². The smallest absolute Gasteiger partial charge is 0.299 e. The summed E-state index contributed by atoms with van der Waals surface area (Å²) >= 11 is 0. The van der Waals surface area contributed by atoms with E-state index in [1.165, 1.54) is 25.7 Å². The molecule has 0 atom stereocenters. The van der Waals surface area contributed by atoms with Crippen molar-refractivity contribution in [2.24, 2.45) is 0 Å². The number of Topliss-reactive ketones (excluding diaryl/α,β-unsaturated/α-hetero) is 1. The van der Waals surface area contributed by atoms with Gasteiger partial charge in [0.15, 0.2) is 0 Å². The van der Waals surface area contributed by atoms with Crippen LogP contribution in [-0.4, -0.2) is 18.2 Å². The van der Waals surface area contributed by atoms with Crippen molar-refractivity contribution < 1.29 is 9.59 Å². The third-order valence-corrected chi connectivity index (χ3v) is 3.93. The van der Waals surface area contributed by atoms with Crippen molar-refractivity contribution in [1.29, 1.82) is 0 Å². The molecule has 3 nitrogen and oxygen atoms in total. The zero-order chi connectivity index (χ0) is 14.5. The number of carbonyl (C=O) groups excluding carboxylic acids is 2. The minimum absolute atomic E-state index is 0.352. The zero-order valence-corrected chi connectivity index (χ0v) is 12.4. The summed E-state index contributed by atoms with van der Waals surface area (Å²) < 4.78 is 0. The number of hydrogen-bond acceptors (Lipinski definition) is 2. The van der Waals surface area contributed by atoms with Crippen LogP contribution in [0, 0.1) is 6.92 Å². The van der Waals surface area contributed by atoms with E-state index in [4.69, 9.17) is 0 Å². The van der Waals surface area contributed by atoms with Crippen LogP contribution in [0.3, 0.4) is 0 Å². The fourth-order valence-electron chi connectivity index (χ4n) is 2.80. The highest BCUT2D eigenvalue weighted by molar-refractivity contribution is 6.52. The van der Waals surface area contributed by atoms with Crippen LogP contribution < -0.4 is 4.90 Å². The summed E-state index contributed by atoms with van der Waals surface area (Å²) in [6.07, 6.45) is 7.09. The molecule has 3 heteroatoms. The van der Waals surface area contributed by atoms with Crippen molar-refractivity contribution in [3.63, 3.8) is 0 Å². The van der Waals surface area contributed by atoms with E-state index in [0.717, 1.165) is 24.1 Å². The van der Waals surface area contributed by atoms with Crippen molar-refractivity contribution in [2.75, 3.05) is 11.4 Å². The number of amides is 1. The molecule has 2 rings (SSSR count). The number of ketones is 1. The van der Waals surface area contributed by atoms with Crippen LogP contribution >= 0.6 is 0 Å². The van der Waals surface area contributed by atoms with Crippen molar-refractivity contribution in [3.8, 4) is 0 Å². The molecule has 0 aliphatic carbocycles. The maximum Gasteiger partial charge on any atom is 0.299 e. The number of anilines is 1. The van der Waals surface area contributed by atoms with Gasteiger partial charge in [-0.05, 0) is 25.0 Å². The minimum Gasteiger partial charge on any atom is -0.304 e. The van der Waals surface area contributed by atoms with Gasteiger partial charge in [0.05, 0.1) is 11.3 Å². The number of unbranched alkanes of at least 4 members (excludes halogenated alkanes) is 5. The van der Waals surface area contributed by atoms with E-state index in [0.29, 0.717) is 12.1 Å². The van der Waals surface area contributed by atoms with E-state index < -0.39 is 0 Å². The van der Waals surface area contributed by atoms with Gasteiger partial charge in [-0.25, -0.2) is 0 Å². The van der Waals surface area contributed by atoms with Crippen LogP contribution in [0.5, 0.6) is 0 Å². The largest absolute Gasteiger partial charge is 0.304 e. The summed E-state index contributed by atoms with van der Waals surface area (Å²) in [5.74, 6) is -0.711. The second-order valence-corrected chi connectivity index (χ2v) is 5.52. The molecular weight excluding hydrogens is 250 g/mol. The Morgan fingerprint density at radius 2 is 1.70 bits per heavy atom. The van der Waals surface area contributed by atoms with Crippen LogP contribution in [0.15, 0.2) is 18.2 Å². The third kappa shape index (κ3) is 2.92. The number of fused-ring (bicyclic) bond motifs is 1. The SMILES string of the molecule is CCCCCCCCN1C(=O)C(=O)c2cccc(C)c21. The lowest BCUT2D eigenvalue weighted by Crippen LogP contribution is -2.31. The van der Waals surface area contributed by atoms with E-state index in [2.05, 4.69) is 6.92 Å². The lowest BCUT2D eigenvalue weighted by molar-refractivity contribution is -0.114. The maximum absolute atomic E-state index is 12.1. The summed E-state index contributed by atoms with van der Waals surface area (Å²) in [4.78, 5) is 25.7. The van der Waals surface area contributed by atoms with E-state index >= 15 is 0 Å². The lowest BCUT2D eigenvalue weighted by atomic mass is 10.1. The van der Waals surface area contributed by atoms with Gasteiger partial charge < -0.3 is 4.90 Å². The standard InChI is InChI=1S/C17H23NO2/c1-3-4-5-6-7-8-12-18-15-13(2)10-9-11-14(15)16(19)17(18)20/h9-11H,3-8,12H2,1-2H3. The molecule has 0 unspecified atom stereocenters. The first-order valence-corrected chi connectivity index (χ1v) is 7.62. The van der Waals surface area contributed by atoms with E-state index in [1.54, 1.807) is 11.0 Å². The average molecular weight is 273 g/mol. The molecule has 1 aliphatic rings. The van der Waals surface area contributed by atoms with Gasteiger partial charge in [0.25, 0.3) is 11.7 Å². The quantitative estimate of drug-likeness (QED) is 0.558. The molecule has 0 spiro atoms. The Hall–Kier alpha value is -1.64. The van der Waals surface area contributed by atoms with Crippen LogP contribution in [-0.2, 0) is 4.79 Å². The Labute approximate surface area is 121 Å². The summed E-state index contributed by atoms with van der Waals surface area (Å²) in [5.41, 5.74) is 2.41. The van der Waals surface area contributed by atoms with Crippen molar-refractivity contribution >= 4 is 17.4 Å². The van der Waals surface area contributed by atoms with Gasteiger partial charge in [-0.2, -0.15) is 0 Å². The molecule has 0 aromatic heterocycles. The first-order chi connectivity index (χ1) is 9.66. The van der Waals surface area contributed by atoms with Crippen LogP contribution in [0.4, 0.5) is 5.69 Å². The van der Waals surface area contributed by atoms with E-state index in [9.17, 15) is 9.59 Å². The molecule has 20 heavy (non-hydrogen) atoms. The molecule has 1 amide bonds. The molecule has 0 fully saturated rings. The fraction of sp³-hybridized carbons (Fsp3) is 0.529. The van der Waals surface area contributed by atoms with Crippen molar-refractivity contribution in [3.05, 3.63) is 29.3 Å². The first-order valence-electron chi connectivity index (χ1n) is 7.62. The lowest BCUT2D eigenvalue weighted by Gasteiger charge is -2.18.